The first-order valence-electron chi connectivity index (χ1n) is 6.45. The minimum absolute atomic E-state index is 0.0341. The molecular formula is C16H15ClFNO2. The Bertz CT molecular complexity index is 643. The first kappa shape index (κ1) is 15.3. The number of hydrogen-bond acceptors (Lipinski definition) is 2. The van der Waals surface area contributed by atoms with E-state index in [4.69, 9.17) is 16.3 Å². The van der Waals surface area contributed by atoms with Crippen molar-refractivity contribution >= 4 is 23.2 Å². The lowest BCUT2D eigenvalue weighted by Crippen LogP contribution is -2.30. The van der Waals surface area contributed by atoms with E-state index < -0.39 is 17.8 Å². The summed E-state index contributed by atoms with van der Waals surface area (Å²) in [6.45, 7) is 3.56. The van der Waals surface area contributed by atoms with Gasteiger partial charge in [0.15, 0.2) is 6.10 Å². The summed E-state index contributed by atoms with van der Waals surface area (Å²) >= 11 is 5.78. The van der Waals surface area contributed by atoms with Crippen LogP contribution in [0.2, 0.25) is 5.02 Å². The molecule has 1 N–H and O–H groups in total. The maximum atomic E-state index is 13.6. The van der Waals surface area contributed by atoms with Crippen LogP contribution in [0.15, 0.2) is 42.5 Å². The van der Waals surface area contributed by atoms with Crippen molar-refractivity contribution in [3.05, 3.63) is 58.9 Å². The summed E-state index contributed by atoms with van der Waals surface area (Å²) in [5, 5.41) is 2.81. The zero-order valence-corrected chi connectivity index (χ0v) is 12.4. The molecule has 0 spiro atoms. The van der Waals surface area contributed by atoms with E-state index in [0.29, 0.717) is 10.8 Å². The van der Waals surface area contributed by atoms with Crippen LogP contribution in [0.1, 0.15) is 12.5 Å². The Morgan fingerprint density at radius 2 is 1.90 bits per heavy atom. The van der Waals surface area contributed by atoms with Crippen molar-refractivity contribution in [1.29, 1.82) is 0 Å². The number of halogens is 2. The van der Waals surface area contributed by atoms with Gasteiger partial charge in [-0.1, -0.05) is 29.3 Å². The predicted molar refractivity (Wildman–Crippen MR) is 81.3 cm³/mol. The smallest absolute Gasteiger partial charge is 0.265 e. The lowest BCUT2D eigenvalue weighted by Gasteiger charge is -2.15. The molecule has 21 heavy (non-hydrogen) atoms. The number of benzene rings is 2. The summed E-state index contributed by atoms with van der Waals surface area (Å²) in [5.74, 6) is -0.415. The molecule has 0 aromatic heterocycles. The molecule has 1 amide bonds. The molecule has 2 rings (SSSR count). The van der Waals surface area contributed by atoms with Gasteiger partial charge in [0.25, 0.3) is 5.91 Å². The molecule has 0 heterocycles. The van der Waals surface area contributed by atoms with E-state index in [1.54, 1.807) is 19.1 Å². The fraction of sp³-hybridized carbons (Fsp3) is 0.188. The molecule has 1 unspecified atom stereocenters. The molecule has 0 bridgehead atoms. The fourth-order valence-corrected chi connectivity index (χ4v) is 1.87. The Morgan fingerprint density at radius 3 is 2.57 bits per heavy atom. The largest absolute Gasteiger partial charge is 0.481 e. The number of nitrogens with one attached hydrogen (secondary N) is 1. The number of aryl methyl sites for hydroxylation is 1. The summed E-state index contributed by atoms with van der Waals surface area (Å²) in [5.41, 5.74) is 1.13. The molecule has 1 atom stereocenters. The maximum Gasteiger partial charge on any atom is 0.265 e. The van der Waals surface area contributed by atoms with Gasteiger partial charge in [-0.25, -0.2) is 4.39 Å². The normalized spacial score (nSPS) is 11.8. The van der Waals surface area contributed by atoms with Gasteiger partial charge in [-0.3, -0.25) is 4.79 Å². The molecule has 0 saturated carbocycles. The van der Waals surface area contributed by atoms with Gasteiger partial charge in [0, 0.05) is 5.02 Å². The van der Waals surface area contributed by atoms with Gasteiger partial charge in [-0.15, -0.1) is 0 Å². The van der Waals surface area contributed by atoms with Crippen LogP contribution in [0.25, 0.3) is 0 Å². The van der Waals surface area contributed by atoms with Crippen LogP contribution in [0.3, 0.4) is 0 Å². The maximum absolute atomic E-state index is 13.6. The highest BCUT2D eigenvalue weighted by Gasteiger charge is 2.16. The van der Waals surface area contributed by atoms with E-state index in [9.17, 15) is 9.18 Å². The molecule has 5 heteroatoms. The van der Waals surface area contributed by atoms with Gasteiger partial charge >= 0.3 is 0 Å². The highest BCUT2D eigenvalue weighted by molar-refractivity contribution is 6.30. The molecular weight excluding hydrogens is 293 g/mol. The van der Waals surface area contributed by atoms with Crippen LogP contribution >= 0.6 is 11.6 Å². The number of ether oxygens (including phenoxy) is 1. The third kappa shape index (κ3) is 4.20. The number of anilines is 1. The number of carbonyl (C=O) groups is 1. The zero-order valence-electron chi connectivity index (χ0n) is 11.7. The average molecular weight is 308 g/mol. The van der Waals surface area contributed by atoms with Crippen molar-refractivity contribution in [2.24, 2.45) is 0 Å². The molecule has 0 fully saturated rings. The molecule has 0 saturated heterocycles. The average Bonchev–Trinajstić information content (AvgIpc) is 2.45. The van der Waals surface area contributed by atoms with Gasteiger partial charge in [0.2, 0.25) is 0 Å². The van der Waals surface area contributed by atoms with Crippen LogP contribution in [-0.2, 0) is 4.79 Å². The summed E-state index contributed by atoms with van der Waals surface area (Å²) in [4.78, 5) is 12.0. The second kappa shape index (κ2) is 6.59. The Labute approximate surface area is 127 Å². The Kier molecular flexibility index (Phi) is 4.81. The van der Waals surface area contributed by atoms with Gasteiger partial charge < -0.3 is 10.1 Å². The van der Waals surface area contributed by atoms with Crippen molar-refractivity contribution in [2.75, 3.05) is 5.32 Å². The first-order valence-corrected chi connectivity index (χ1v) is 6.83. The van der Waals surface area contributed by atoms with Crippen molar-refractivity contribution in [1.82, 2.24) is 0 Å². The van der Waals surface area contributed by atoms with Gasteiger partial charge in [-0.05, 0) is 44.2 Å². The Morgan fingerprint density at radius 1 is 1.24 bits per heavy atom. The molecule has 110 valence electrons. The third-order valence-corrected chi connectivity index (χ3v) is 3.12. The SMILES string of the molecule is Cc1ccc(OC(C)C(=O)Nc2cc(Cl)ccc2F)cc1. The number of hydrogen-bond donors (Lipinski definition) is 1. The Balaban J connectivity index is 2.02. The predicted octanol–water partition coefficient (Wildman–Crippen LogP) is 4.19. The topological polar surface area (TPSA) is 38.3 Å². The zero-order chi connectivity index (χ0) is 15.4. The van der Waals surface area contributed by atoms with Gasteiger partial charge in [-0.2, -0.15) is 0 Å². The van der Waals surface area contributed by atoms with Crippen LogP contribution in [0.4, 0.5) is 10.1 Å². The number of amides is 1. The van der Waals surface area contributed by atoms with E-state index in [0.717, 1.165) is 5.56 Å². The second-order valence-electron chi connectivity index (χ2n) is 4.69. The molecule has 0 aliphatic carbocycles. The minimum Gasteiger partial charge on any atom is -0.481 e. The fourth-order valence-electron chi connectivity index (χ4n) is 1.70. The van der Waals surface area contributed by atoms with Crippen LogP contribution in [0, 0.1) is 12.7 Å². The molecule has 3 nitrogen and oxygen atoms in total. The highest BCUT2D eigenvalue weighted by atomic mass is 35.5. The van der Waals surface area contributed by atoms with Crippen molar-refractivity contribution < 1.29 is 13.9 Å². The molecule has 2 aromatic rings. The molecule has 0 aliphatic rings. The van der Waals surface area contributed by atoms with Crippen molar-refractivity contribution in [3.63, 3.8) is 0 Å². The summed E-state index contributed by atoms with van der Waals surface area (Å²) in [6, 6.07) is 11.3. The lowest BCUT2D eigenvalue weighted by atomic mass is 10.2. The summed E-state index contributed by atoms with van der Waals surface area (Å²) < 4.78 is 19.1. The minimum atomic E-state index is -0.758. The third-order valence-electron chi connectivity index (χ3n) is 2.89. The van der Waals surface area contributed by atoms with Gasteiger partial charge in [0.05, 0.1) is 5.69 Å². The van der Waals surface area contributed by atoms with E-state index in [-0.39, 0.29) is 5.69 Å². The summed E-state index contributed by atoms with van der Waals surface area (Å²) in [6.07, 6.45) is -0.758. The van der Waals surface area contributed by atoms with Crippen LogP contribution in [-0.4, -0.2) is 12.0 Å². The van der Waals surface area contributed by atoms with E-state index in [1.165, 1.54) is 18.2 Å². The number of carbonyl (C=O) groups excluding carboxylic acids is 1. The van der Waals surface area contributed by atoms with Gasteiger partial charge in [0.1, 0.15) is 11.6 Å². The Hall–Kier alpha value is -2.07. The molecule has 0 radical (unpaired) electrons. The summed E-state index contributed by atoms with van der Waals surface area (Å²) in [7, 11) is 0. The quantitative estimate of drug-likeness (QED) is 0.919. The molecule has 2 aromatic carbocycles. The van der Waals surface area contributed by atoms with Crippen LogP contribution < -0.4 is 10.1 Å². The molecule has 0 aliphatic heterocycles. The van der Waals surface area contributed by atoms with E-state index >= 15 is 0 Å². The monoisotopic (exact) mass is 307 g/mol. The van der Waals surface area contributed by atoms with Crippen molar-refractivity contribution in [3.8, 4) is 5.75 Å². The highest BCUT2D eigenvalue weighted by Crippen LogP contribution is 2.20. The lowest BCUT2D eigenvalue weighted by molar-refractivity contribution is -0.122. The number of rotatable bonds is 4. The second-order valence-corrected chi connectivity index (χ2v) is 5.12. The van der Waals surface area contributed by atoms with Crippen molar-refractivity contribution in [2.45, 2.75) is 20.0 Å². The van der Waals surface area contributed by atoms with E-state index in [1.807, 2.05) is 19.1 Å². The van der Waals surface area contributed by atoms with E-state index in [2.05, 4.69) is 5.32 Å². The standard InChI is InChI=1S/C16H15ClFNO2/c1-10-3-6-13(7-4-10)21-11(2)16(20)19-15-9-12(17)5-8-14(15)18/h3-9,11H,1-2H3,(H,19,20). The van der Waals surface area contributed by atoms with Crippen LogP contribution in [0.5, 0.6) is 5.75 Å². The first-order chi connectivity index (χ1) is 9.95.